The minimum atomic E-state index is -0.564. The van der Waals surface area contributed by atoms with Gasteiger partial charge < -0.3 is 14.7 Å². The number of likely N-dealkylation sites (N-methyl/N-ethyl adjacent to an activating group) is 1. The maximum Gasteiger partial charge on any atom is 0.247 e. The molecule has 1 atom stereocenters. The van der Waals surface area contributed by atoms with Crippen LogP contribution in [0.5, 0.6) is 0 Å². The molecule has 4 rings (SSSR count). The van der Waals surface area contributed by atoms with Gasteiger partial charge in [0.2, 0.25) is 17.7 Å². The van der Waals surface area contributed by atoms with Crippen molar-refractivity contribution in [1.29, 1.82) is 0 Å². The molecule has 0 radical (unpaired) electrons. The summed E-state index contributed by atoms with van der Waals surface area (Å²) in [5.41, 5.74) is 1.68. The van der Waals surface area contributed by atoms with Crippen LogP contribution in [-0.2, 0) is 20.9 Å². The van der Waals surface area contributed by atoms with Gasteiger partial charge in [0.25, 0.3) is 0 Å². The van der Waals surface area contributed by atoms with Crippen LogP contribution in [0.15, 0.2) is 24.3 Å². The molecule has 1 aromatic carbocycles. The van der Waals surface area contributed by atoms with Crippen LogP contribution in [0.25, 0.3) is 11.0 Å². The fraction of sp³-hybridized carbons (Fsp3) is 0.471. The van der Waals surface area contributed by atoms with Gasteiger partial charge in [0.1, 0.15) is 11.6 Å². The van der Waals surface area contributed by atoms with Crippen molar-refractivity contribution in [2.45, 2.75) is 19.0 Å². The number of rotatable bonds is 3. The first-order valence-electron chi connectivity index (χ1n) is 8.65. The average molecular weight is 356 g/mol. The van der Waals surface area contributed by atoms with Crippen molar-refractivity contribution in [2.24, 2.45) is 0 Å². The summed E-state index contributed by atoms with van der Waals surface area (Å²) in [6.07, 6.45) is 0.276. The number of aromatic nitrogens is 3. The van der Waals surface area contributed by atoms with Crippen molar-refractivity contribution in [3.8, 4) is 0 Å². The SMILES string of the molecule is CN1CC(=O)N2CCN(C(=O)CCn3nnc4ccccc43)CC2C1=O. The van der Waals surface area contributed by atoms with Gasteiger partial charge in [0.15, 0.2) is 0 Å². The smallest absolute Gasteiger partial charge is 0.247 e. The first-order chi connectivity index (χ1) is 12.5. The molecule has 136 valence electrons. The standard InChI is InChI=1S/C17H20N6O3/c1-20-11-16(25)22-9-8-21(10-14(22)17(20)26)15(24)6-7-23-13-5-3-2-4-12(13)18-19-23/h2-5,14H,6-11H2,1H3. The van der Waals surface area contributed by atoms with Crippen LogP contribution in [0.4, 0.5) is 0 Å². The zero-order valence-electron chi connectivity index (χ0n) is 14.5. The second kappa shape index (κ2) is 6.40. The Kier molecular flexibility index (Phi) is 4.06. The van der Waals surface area contributed by atoms with Crippen LogP contribution in [0, 0.1) is 0 Å². The number of nitrogens with zero attached hydrogens (tertiary/aromatic N) is 6. The fourth-order valence-electron chi connectivity index (χ4n) is 3.59. The number of aryl methyl sites for hydroxylation is 1. The zero-order chi connectivity index (χ0) is 18.3. The Morgan fingerprint density at radius 1 is 1.23 bits per heavy atom. The number of hydrogen-bond donors (Lipinski definition) is 0. The minimum absolute atomic E-state index is 0.0438. The molecule has 9 heteroatoms. The number of fused-ring (bicyclic) bond motifs is 2. The maximum absolute atomic E-state index is 12.6. The van der Waals surface area contributed by atoms with Crippen molar-refractivity contribution in [1.82, 2.24) is 29.7 Å². The van der Waals surface area contributed by atoms with Gasteiger partial charge in [-0.15, -0.1) is 5.10 Å². The quantitative estimate of drug-likeness (QED) is 0.728. The van der Waals surface area contributed by atoms with Gasteiger partial charge in [0, 0.05) is 26.6 Å². The molecule has 2 saturated heterocycles. The average Bonchev–Trinajstić information content (AvgIpc) is 3.07. The van der Waals surface area contributed by atoms with Gasteiger partial charge in [-0.25, -0.2) is 4.68 Å². The summed E-state index contributed by atoms with van der Waals surface area (Å²) in [7, 11) is 1.62. The topological polar surface area (TPSA) is 91.6 Å². The summed E-state index contributed by atoms with van der Waals surface area (Å²) < 4.78 is 1.71. The Bertz CT molecular complexity index is 878. The molecule has 2 aromatic rings. The molecule has 0 N–H and O–H groups in total. The van der Waals surface area contributed by atoms with Crippen LogP contribution >= 0.6 is 0 Å². The van der Waals surface area contributed by atoms with Crippen molar-refractivity contribution in [2.75, 3.05) is 33.2 Å². The number of hydrogen-bond acceptors (Lipinski definition) is 5. The third kappa shape index (κ3) is 2.79. The second-order valence-electron chi connectivity index (χ2n) is 6.69. The minimum Gasteiger partial charge on any atom is -0.338 e. The molecule has 1 aromatic heterocycles. The number of piperazine rings is 2. The van der Waals surface area contributed by atoms with E-state index in [1.54, 1.807) is 21.5 Å². The lowest BCUT2D eigenvalue weighted by Crippen LogP contribution is -2.66. The summed E-state index contributed by atoms with van der Waals surface area (Å²) in [5, 5.41) is 8.18. The molecule has 1 unspecified atom stereocenters. The highest BCUT2D eigenvalue weighted by Crippen LogP contribution is 2.18. The van der Waals surface area contributed by atoms with Gasteiger partial charge in [-0.1, -0.05) is 17.3 Å². The van der Waals surface area contributed by atoms with Gasteiger partial charge in [-0.3, -0.25) is 14.4 Å². The highest BCUT2D eigenvalue weighted by molar-refractivity contribution is 5.95. The highest BCUT2D eigenvalue weighted by Gasteiger charge is 2.42. The van der Waals surface area contributed by atoms with E-state index in [1.807, 2.05) is 24.3 Å². The van der Waals surface area contributed by atoms with E-state index in [0.717, 1.165) is 11.0 Å². The molecule has 0 spiro atoms. The molecule has 2 fully saturated rings. The normalized spacial score (nSPS) is 20.7. The summed E-state index contributed by atoms with van der Waals surface area (Å²) in [4.78, 5) is 41.7. The molecule has 26 heavy (non-hydrogen) atoms. The number of amides is 3. The van der Waals surface area contributed by atoms with Crippen molar-refractivity contribution < 1.29 is 14.4 Å². The molecular formula is C17H20N6O3. The Labute approximate surface area is 150 Å². The first-order valence-corrected chi connectivity index (χ1v) is 8.65. The summed E-state index contributed by atoms with van der Waals surface area (Å²) in [6.45, 7) is 1.66. The molecule has 2 aliphatic heterocycles. The van der Waals surface area contributed by atoms with Gasteiger partial charge >= 0.3 is 0 Å². The molecule has 2 aliphatic rings. The molecule has 3 heterocycles. The lowest BCUT2D eigenvalue weighted by atomic mass is 10.1. The summed E-state index contributed by atoms with van der Waals surface area (Å²) in [5.74, 6) is -0.208. The fourth-order valence-corrected chi connectivity index (χ4v) is 3.59. The third-order valence-electron chi connectivity index (χ3n) is 5.04. The van der Waals surface area contributed by atoms with Gasteiger partial charge in [-0.05, 0) is 12.1 Å². The van der Waals surface area contributed by atoms with Crippen LogP contribution in [-0.4, -0.2) is 86.7 Å². The third-order valence-corrected chi connectivity index (χ3v) is 5.04. The van der Waals surface area contributed by atoms with Crippen molar-refractivity contribution in [3.05, 3.63) is 24.3 Å². The monoisotopic (exact) mass is 356 g/mol. The number of carbonyl (C=O) groups is 3. The zero-order valence-corrected chi connectivity index (χ0v) is 14.5. The largest absolute Gasteiger partial charge is 0.338 e. The van der Waals surface area contributed by atoms with Gasteiger partial charge in [-0.2, -0.15) is 0 Å². The molecule has 0 aliphatic carbocycles. The van der Waals surface area contributed by atoms with Crippen LogP contribution in [0.3, 0.4) is 0 Å². The van der Waals surface area contributed by atoms with E-state index in [0.29, 0.717) is 19.6 Å². The lowest BCUT2D eigenvalue weighted by molar-refractivity contribution is -0.160. The first kappa shape index (κ1) is 16.5. The summed E-state index contributed by atoms with van der Waals surface area (Å²) in [6, 6.07) is 7.03. The van der Waals surface area contributed by atoms with Crippen molar-refractivity contribution in [3.63, 3.8) is 0 Å². The predicted molar refractivity (Wildman–Crippen MR) is 91.9 cm³/mol. The van der Waals surface area contributed by atoms with E-state index in [-0.39, 0.29) is 37.2 Å². The van der Waals surface area contributed by atoms with Crippen molar-refractivity contribution >= 4 is 28.8 Å². The molecular weight excluding hydrogens is 336 g/mol. The highest BCUT2D eigenvalue weighted by atomic mass is 16.2. The second-order valence-corrected chi connectivity index (χ2v) is 6.69. The Morgan fingerprint density at radius 3 is 2.88 bits per heavy atom. The maximum atomic E-state index is 12.6. The number of benzene rings is 1. The van der Waals surface area contributed by atoms with E-state index in [9.17, 15) is 14.4 Å². The predicted octanol–water partition coefficient (Wildman–Crippen LogP) is -0.667. The Balaban J connectivity index is 1.41. The number of carbonyl (C=O) groups excluding carboxylic acids is 3. The van der Waals surface area contributed by atoms with E-state index in [4.69, 9.17) is 0 Å². The van der Waals surface area contributed by atoms with Gasteiger partial charge in [0.05, 0.1) is 25.2 Å². The van der Waals surface area contributed by atoms with E-state index < -0.39 is 6.04 Å². The molecule has 3 amide bonds. The number of para-hydroxylation sites is 1. The lowest BCUT2D eigenvalue weighted by Gasteiger charge is -2.45. The summed E-state index contributed by atoms with van der Waals surface area (Å²) >= 11 is 0. The molecule has 0 bridgehead atoms. The van der Waals surface area contributed by atoms with Crippen LogP contribution in [0.1, 0.15) is 6.42 Å². The molecule has 0 saturated carbocycles. The van der Waals surface area contributed by atoms with E-state index >= 15 is 0 Å². The van der Waals surface area contributed by atoms with E-state index in [2.05, 4.69) is 10.3 Å². The van der Waals surface area contributed by atoms with Crippen LogP contribution < -0.4 is 0 Å². The Morgan fingerprint density at radius 2 is 2.04 bits per heavy atom. The Hall–Kier alpha value is -2.97. The van der Waals surface area contributed by atoms with Crippen LogP contribution in [0.2, 0.25) is 0 Å². The molecule has 9 nitrogen and oxygen atoms in total. The van der Waals surface area contributed by atoms with E-state index in [1.165, 1.54) is 4.90 Å².